The molecule has 0 saturated carbocycles. The summed E-state index contributed by atoms with van der Waals surface area (Å²) in [6, 6.07) is 1.97. The van der Waals surface area contributed by atoms with Crippen LogP contribution < -0.4 is 0 Å². The lowest BCUT2D eigenvalue weighted by molar-refractivity contribution is 0.216. The number of aromatic nitrogens is 2. The van der Waals surface area contributed by atoms with Gasteiger partial charge in [-0.1, -0.05) is 0 Å². The fourth-order valence-electron chi connectivity index (χ4n) is 2.63. The predicted octanol–water partition coefficient (Wildman–Crippen LogP) is 0.856. The van der Waals surface area contributed by atoms with Gasteiger partial charge in [-0.2, -0.15) is 0 Å². The summed E-state index contributed by atoms with van der Waals surface area (Å²) in [6.45, 7) is 4.32. The van der Waals surface area contributed by atoms with Crippen molar-refractivity contribution in [1.82, 2.24) is 19.2 Å². The molecule has 0 N–H and O–H groups in total. The number of hydrogen-bond acceptors (Lipinski definition) is 5. The van der Waals surface area contributed by atoms with Crippen molar-refractivity contribution in [1.29, 1.82) is 0 Å². The molecule has 0 radical (unpaired) electrons. The zero-order valence-electron chi connectivity index (χ0n) is 13.0. The van der Waals surface area contributed by atoms with Crippen molar-refractivity contribution in [2.24, 2.45) is 0 Å². The van der Waals surface area contributed by atoms with Gasteiger partial charge in [0.15, 0.2) is 0 Å². The number of piperidine rings is 1. The Morgan fingerprint density at radius 2 is 2.19 bits per heavy atom. The maximum absolute atomic E-state index is 11.8. The summed E-state index contributed by atoms with van der Waals surface area (Å²) in [5, 5.41) is 0. The highest BCUT2D eigenvalue weighted by molar-refractivity contribution is 7.89. The topological polar surface area (TPSA) is 66.4 Å². The van der Waals surface area contributed by atoms with Gasteiger partial charge in [-0.05, 0) is 32.4 Å². The number of nitrogens with zero attached hydrogens (tertiary/aromatic N) is 4. The lowest BCUT2D eigenvalue weighted by atomic mass is 9.94. The van der Waals surface area contributed by atoms with E-state index in [4.69, 9.17) is 0 Å². The van der Waals surface area contributed by atoms with Crippen LogP contribution in [0.1, 0.15) is 30.3 Å². The van der Waals surface area contributed by atoms with E-state index in [0.29, 0.717) is 12.5 Å². The minimum atomic E-state index is -3.12. The normalized spacial score (nSPS) is 20.9. The second-order valence-electron chi connectivity index (χ2n) is 5.77. The highest BCUT2D eigenvalue weighted by Gasteiger charge is 2.24. The van der Waals surface area contributed by atoms with Gasteiger partial charge in [-0.25, -0.2) is 22.7 Å². The summed E-state index contributed by atoms with van der Waals surface area (Å²) in [4.78, 5) is 10.9. The maximum Gasteiger partial charge on any atom is 0.214 e. The third kappa shape index (κ3) is 4.46. The quantitative estimate of drug-likeness (QED) is 0.806. The van der Waals surface area contributed by atoms with Crippen molar-refractivity contribution in [2.75, 3.05) is 39.5 Å². The van der Waals surface area contributed by atoms with Crippen LogP contribution in [0.4, 0.5) is 0 Å². The maximum atomic E-state index is 11.8. The molecule has 0 aromatic carbocycles. The van der Waals surface area contributed by atoms with E-state index in [2.05, 4.69) is 14.9 Å². The van der Waals surface area contributed by atoms with Gasteiger partial charge in [0.2, 0.25) is 10.0 Å². The van der Waals surface area contributed by atoms with Crippen LogP contribution in [0.25, 0.3) is 0 Å². The van der Waals surface area contributed by atoms with Crippen LogP contribution >= 0.6 is 0 Å². The summed E-state index contributed by atoms with van der Waals surface area (Å²) >= 11 is 0. The van der Waals surface area contributed by atoms with Gasteiger partial charge in [-0.15, -0.1) is 0 Å². The molecule has 1 aromatic heterocycles. The fourth-order valence-corrected chi connectivity index (χ4v) is 3.48. The zero-order valence-corrected chi connectivity index (χ0v) is 13.8. The standard InChI is InChI=1S/C14H24N4O2S/c1-12-15-7-6-14(16-12)13-5-4-8-18(11-13)9-10-21(19,20)17(2)3/h6-7,13H,4-5,8-11H2,1-3H3. The molecule has 6 nitrogen and oxygen atoms in total. The Balaban J connectivity index is 1.95. The second-order valence-corrected chi connectivity index (χ2v) is 8.07. The predicted molar refractivity (Wildman–Crippen MR) is 82.7 cm³/mol. The van der Waals surface area contributed by atoms with Crippen molar-refractivity contribution in [3.63, 3.8) is 0 Å². The molecule has 0 amide bonds. The van der Waals surface area contributed by atoms with Crippen LogP contribution in [0.3, 0.4) is 0 Å². The molecule has 1 aromatic rings. The Kier molecular flexibility index (Phi) is 5.29. The largest absolute Gasteiger partial charge is 0.302 e. The van der Waals surface area contributed by atoms with Crippen LogP contribution in [0, 0.1) is 6.92 Å². The monoisotopic (exact) mass is 312 g/mol. The third-order valence-corrected chi connectivity index (χ3v) is 5.75. The molecule has 21 heavy (non-hydrogen) atoms. The van der Waals surface area contributed by atoms with Gasteiger partial charge in [-0.3, -0.25) is 0 Å². The smallest absolute Gasteiger partial charge is 0.214 e. The summed E-state index contributed by atoms with van der Waals surface area (Å²) in [5.74, 6) is 1.34. The zero-order chi connectivity index (χ0) is 15.5. The first-order valence-corrected chi connectivity index (χ1v) is 8.91. The van der Waals surface area contributed by atoms with Gasteiger partial charge < -0.3 is 4.90 Å². The molecule has 2 rings (SSSR count). The molecule has 7 heteroatoms. The Hall–Kier alpha value is -1.05. The lowest BCUT2D eigenvalue weighted by Gasteiger charge is -2.32. The van der Waals surface area contributed by atoms with Crippen molar-refractivity contribution in [3.8, 4) is 0 Å². The van der Waals surface area contributed by atoms with Crippen molar-refractivity contribution in [3.05, 3.63) is 23.8 Å². The molecular formula is C14H24N4O2S. The first-order valence-electron chi connectivity index (χ1n) is 7.30. The van der Waals surface area contributed by atoms with E-state index >= 15 is 0 Å². The molecule has 1 saturated heterocycles. The molecule has 0 bridgehead atoms. The highest BCUT2D eigenvalue weighted by Crippen LogP contribution is 2.25. The summed E-state index contributed by atoms with van der Waals surface area (Å²) in [7, 11) is 0.0423. The average Bonchev–Trinajstić information content (AvgIpc) is 2.45. The van der Waals surface area contributed by atoms with Gasteiger partial charge in [0.25, 0.3) is 0 Å². The molecule has 1 fully saturated rings. The molecule has 1 atom stereocenters. The van der Waals surface area contributed by atoms with Crippen LogP contribution in [-0.2, 0) is 10.0 Å². The van der Waals surface area contributed by atoms with E-state index in [0.717, 1.165) is 37.4 Å². The minimum Gasteiger partial charge on any atom is -0.302 e. The van der Waals surface area contributed by atoms with Crippen LogP contribution in [0.15, 0.2) is 12.3 Å². The summed E-state index contributed by atoms with van der Waals surface area (Å²) < 4.78 is 25.0. The number of likely N-dealkylation sites (tertiary alicyclic amines) is 1. The third-order valence-electron chi connectivity index (χ3n) is 3.94. The van der Waals surface area contributed by atoms with Crippen molar-refractivity contribution >= 4 is 10.0 Å². The van der Waals surface area contributed by atoms with Gasteiger partial charge in [0.1, 0.15) is 5.82 Å². The Morgan fingerprint density at radius 1 is 1.43 bits per heavy atom. The first kappa shape index (κ1) is 16.3. The van der Waals surface area contributed by atoms with Gasteiger partial charge >= 0.3 is 0 Å². The van der Waals surface area contributed by atoms with E-state index < -0.39 is 10.0 Å². The van der Waals surface area contributed by atoms with Crippen LogP contribution in [0.5, 0.6) is 0 Å². The van der Waals surface area contributed by atoms with E-state index in [-0.39, 0.29) is 5.75 Å². The van der Waals surface area contributed by atoms with Crippen LogP contribution in [-0.4, -0.2) is 67.1 Å². The Bertz CT molecular complexity index is 574. The Morgan fingerprint density at radius 3 is 2.86 bits per heavy atom. The van der Waals surface area contributed by atoms with Crippen molar-refractivity contribution < 1.29 is 8.42 Å². The highest BCUT2D eigenvalue weighted by atomic mass is 32.2. The molecule has 118 valence electrons. The van der Waals surface area contributed by atoms with Gasteiger partial charge in [0.05, 0.1) is 5.75 Å². The average molecular weight is 312 g/mol. The summed E-state index contributed by atoms with van der Waals surface area (Å²) in [5.41, 5.74) is 1.07. The van der Waals surface area contributed by atoms with E-state index in [1.54, 1.807) is 20.3 Å². The number of hydrogen-bond donors (Lipinski definition) is 0. The number of aryl methyl sites for hydroxylation is 1. The van der Waals surface area contributed by atoms with Crippen LogP contribution in [0.2, 0.25) is 0 Å². The number of rotatable bonds is 5. The Labute approximate surface area is 127 Å². The second kappa shape index (κ2) is 6.81. The molecule has 1 unspecified atom stereocenters. The molecule has 2 heterocycles. The van der Waals surface area contributed by atoms with Crippen molar-refractivity contribution in [2.45, 2.75) is 25.7 Å². The minimum absolute atomic E-state index is 0.176. The molecular weight excluding hydrogens is 288 g/mol. The van der Waals surface area contributed by atoms with E-state index in [1.165, 1.54) is 4.31 Å². The van der Waals surface area contributed by atoms with E-state index in [1.807, 2.05) is 13.0 Å². The molecule has 1 aliphatic heterocycles. The lowest BCUT2D eigenvalue weighted by Crippen LogP contribution is -2.39. The molecule has 0 aliphatic carbocycles. The number of sulfonamides is 1. The molecule has 0 spiro atoms. The first-order chi connectivity index (χ1) is 9.88. The van der Waals surface area contributed by atoms with E-state index in [9.17, 15) is 8.42 Å². The fraction of sp³-hybridized carbons (Fsp3) is 0.714. The summed E-state index contributed by atoms with van der Waals surface area (Å²) in [6.07, 6.45) is 3.98. The molecule has 1 aliphatic rings. The van der Waals surface area contributed by atoms with Gasteiger partial charge in [0, 0.05) is 45.0 Å². The SMILES string of the molecule is Cc1nccc(C2CCCN(CCS(=O)(=O)N(C)C)C2)n1.